The first-order valence-corrected chi connectivity index (χ1v) is 6.67. The number of alkyl halides is 2. The van der Waals surface area contributed by atoms with Crippen LogP contribution in [0.2, 0.25) is 0 Å². The number of aryl methyl sites for hydroxylation is 1. The Kier molecular flexibility index (Phi) is 4.26. The maximum absolute atomic E-state index is 13.0. The van der Waals surface area contributed by atoms with Gasteiger partial charge < -0.3 is 9.84 Å². The van der Waals surface area contributed by atoms with Gasteiger partial charge in [-0.05, 0) is 37.5 Å². The minimum absolute atomic E-state index is 0.0679. The van der Waals surface area contributed by atoms with Gasteiger partial charge in [0, 0.05) is 18.3 Å². The van der Waals surface area contributed by atoms with Crippen LogP contribution < -0.4 is 4.74 Å². The van der Waals surface area contributed by atoms with Crippen molar-refractivity contribution in [3.05, 3.63) is 29.8 Å². The Morgan fingerprint density at radius 1 is 1.40 bits per heavy atom. The van der Waals surface area contributed by atoms with Gasteiger partial charge in [-0.15, -0.1) is 0 Å². The van der Waals surface area contributed by atoms with Crippen LogP contribution in [0, 0.1) is 11.8 Å². The molecular weight excluding hydrogens is 266 g/mol. The van der Waals surface area contributed by atoms with Crippen molar-refractivity contribution in [3.8, 4) is 5.75 Å². The molecule has 1 aromatic carbocycles. The van der Waals surface area contributed by atoms with Crippen molar-refractivity contribution in [1.82, 2.24) is 0 Å². The SMILES string of the molecule is CC(F)(F)[C@@H]1C[C@H]1COc1ccc(CCC(=O)O)cc1. The molecule has 0 aromatic heterocycles. The number of carbonyl (C=O) groups is 1. The Hall–Kier alpha value is -1.65. The molecule has 0 spiro atoms. The number of hydrogen-bond donors (Lipinski definition) is 1. The van der Waals surface area contributed by atoms with Crippen LogP contribution in [0.5, 0.6) is 5.75 Å². The Bertz CT molecular complexity index is 465. The smallest absolute Gasteiger partial charge is 0.303 e. The van der Waals surface area contributed by atoms with Gasteiger partial charge in [0.05, 0.1) is 6.61 Å². The highest BCUT2D eigenvalue weighted by atomic mass is 19.3. The molecule has 2 rings (SSSR count). The zero-order chi connectivity index (χ0) is 14.8. The van der Waals surface area contributed by atoms with Crippen LogP contribution >= 0.6 is 0 Å². The summed E-state index contributed by atoms with van der Waals surface area (Å²) in [7, 11) is 0. The Morgan fingerprint density at radius 2 is 2.05 bits per heavy atom. The Labute approximate surface area is 116 Å². The fourth-order valence-electron chi connectivity index (χ4n) is 2.26. The lowest BCUT2D eigenvalue weighted by atomic mass is 10.1. The maximum atomic E-state index is 13.0. The number of carboxylic acids is 1. The van der Waals surface area contributed by atoms with E-state index in [-0.39, 0.29) is 12.3 Å². The molecule has 0 aliphatic heterocycles. The molecule has 0 radical (unpaired) electrons. The summed E-state index contributed by atoms with van der Waals surface area (Å²) >= 11 is 0. The largest absolute Gasteiger partial charge is 0.493 e. The van der Waals surface area contributed by atoms with Crippen molar-refractivity contribution >= 4 is 5.97 Å². The van der Waals surface area contributed by atoms with Crippen molar-refractivity contribution in [3.63, 3.8) is 0 Å². The topological polar surface area (TPSA) is 46.5 Å². The van der Waals surface area contributed by atoms with Gasteiger partial charge in [-0.3, -0.25) is 4.79 Å². The second-order valence-electron chi connectivity index (χ2n) is 5.41. The van der Waals surface area contributed by atoms with Gasteiger partial charge in [-0.1, -0.05) is 12.1 Å². The first kappa shape index (κ1) is 14.8. The summed E-state index contributed by atoms with van der Waals surface area (Å²) < 4.78 is 31.5. The van der Waals surface area contributed by atoms with E-state index in [0.717, 1.165) is 12.5 Å². The predicted molar refractivity (Wildman–Crippen MR) is 70.1 cm³/mol. The van der Waals surface area contributed by atoms with Gasteiger partial charge in [0.15, 0.2) is 0 Å². The van der Waals surface area contributed by atoms with E-state index < -0.39 is 17.8 Å². The molecule has 0 amide bonds. The molecule has 0 bridgehead atoms. The monoisotopic (exact) mass is 284 g/mol. The average Bonchev–Trinajstić information content (AvgIpc) is 3.14. The fraction of sp³-hybridized carbons (Fsp3) is 0.533. The zero-order valence-electron chi connectivity index (χ0n) is 11.3. The normalized spacial score (nSPS) is 21.6. The van der Waals surface area contributed by atoms with Crippen LogP contribution in [0.15, 0.2) is 24.3 Å². The molecular formula is C15H18F2O3. The van der Waals surface area contributed by atoms with Crippen molar-refractivity contribution in [1.29, 1.82) is 0 Å². The molecule has 1 fully saturated rings. The maximum Gasteiger partial charge on any atom is 0.303 e. The van der Waals surface area contributed by atoms with Gasteiger partial charge in [0.2, 0.25) is 5.92 Å². The first-order chi connectivity index (χ1) is 9.36. The third-order valence-electron chi connectivity index (χ3n) is 3.59. The van der Waals surface area contributed by atoms with Crippen LogP contribution in [0.3, 0.4) is 0 Å². The van der Waals surface area contributed by atoms with Crippen LogP contribution in [0.4, 0.5) is 8.78 Å². The first-order valence-electron chi connectivity index (χ1n) is 6.67. The van der Waals surface area contributed by atoms with Crippen LogP contribution in [-0.2, 0) is 11.2 Å². The van der Waals surface area contributed by atoms with Crippen molar-refractivity contribution in [2.24, 2.45) is 11.8 Å². The van der Waals surface area contributed by atoms with Crippen LogP contribution in [0.1, 0.15) is 25.3 Å². The standard InChI is InChI=1S/C15H18F2O3/c1-15(16,17)13-8-11(13)9-20-12-5-2-10(3-6-12)4-7-14(18)19/h2-3,5-6,11,13H,4,7-9H2,1H3,(H,18,19)/t11-,13+/m0/s1. The molecule has 5 heteroatoms. The minimum atomic E-state index is -2.62. The van der Waals surface area contributed by atoms with Gasteiger partial charge in [0.1, 0.15) is 5.75 Å². The molecule has 0 heterocycles. The minimum Gasteiger partial charge on any atom is -0.493 e. The van der Waals surface area contributed by atoms with E-state index in [1.807, 2.05) is 0 Å². The third kappa shape index (κ3) is 4.18. The molecule has 1 aliphatic rings. The highest BCUT2D eigenvalue weighted by Gasteiger charge is 2.51. The lowest BCUT2D eigenvalue weighted by molar-refractivity contribution is -0.136. The molecule has 1 N–H and O–H groups in total. The summed E-state index contributed by atoms with van der Waals surface area (Å²) in [5, 5.41) is 8.59. The average molecular weight is 284 g/mol. The predicted octanol–water partition coefficient (Wildman–Crippen LogP) is 3.37. The Balaban J connectivity index is 1.76. The van der Waals surface area contributed by atoms with E-state index in [4.69, 9.17) is 9.84 Å². The van der Waals surface area contributed by atoms with Crippen LogP contribution in [-0.4, -0.2) is 23.6 Å². The summed E-state index contributed by atoms with van der Waals surface area (Å²) in [5.74, 6) is -3.44. The second-order valence-corrected chi connectivity index (χ2v) is 5.41. The molecule has 1 saturated carbocycles. The second kappa shape index (κ2) is 5.77. The number of hydrogen-bond acceptors (Lipinski definition) is 2. The van der Waals surface area contributed by atoms with E-state index in [0.29, 0.717) is 25.2 Å². The summed E-state index contributed by atoms with van der Waals surface area (Å²) in [6.45, 7) is 1.26. The fourth-order valence-corrected chi connectivity index (χ4v) is 2.26. The van der Waals surface area contributed by atoms with Gasteiger partial charge in [-0.2, -0.15) is 0 Å². The number of rotatable bonds is 7. The molecule has 2 atom stereocenters. The number of aliphatic carboxylic acids is 1. The molecule has 20 heavy (non-hydrogen) atoms. The highest BCUT2D eigenvalue weighted by molar-refractivity contribution is 5.67. The summed E-state index contributed by atoms with van der Waals surface area (Å²) in [5.41, 5.74) is 0.920. The number of carboxylic acid groups (broad SMARTS) is 1. The third-order valence-corrected chi connectivity index (χ3v) is 3.59. The van der Waals surface area contributed by atoms with Gasteiger partial charge in [-0.25, -0.2) is 8.78 Å². The summed E-state index contributed by atoms with van der Waals surface area (Å²) in [6, 6.07) is 7.10. The van der Waals surface area contributed by atoms with E-state index in [1.54, 1.807) is 24.3 Å². The van der Waals surface area contributed by atoms with Gasteiger partial charge in [0.25, 0.3) is 0 Å². The molecule has 3 nitrogen and oxygen atoms in total. The quantitative estimate of drug-likeness (QED) is 0.835. The van der Waals surface area contributed by atoms with Gasteiger partial charge >= 0.3 is 5.97 Å². The van der Waals surface area contributed by atoms with E-state index >= 15 is 0 Å². The molecule has 0 unspecified atom stereocenters. The Morgan fingerprint density at radius 3 is 2.55 bits per heavy atom. The lowest BCUT2D eigenvalue weighted by Gasteiger charge is -2.10. The lowest BCUT2D eigenvalue weighted by Crippen LogP contribution is -2.16. The summed E-state index contributed by atoms with van der Waals surface area (Å²) in [6.07, 6.45) is 1.08. The highest BCUT2D eigenvalue weighted by Crippen LogP contribution is 2.49. The number of halogens is 2. The number of benzene rings is 1. The van der Waals surface area contributed by atoms with Crippen molar-refractivity contribution in [2.45, 2.75) is 32.1 Å². The van der Waals surface area contributed by atoms with Crippen LogP contribution in [0.25, 0.3) is 0 Å². The van der Waals surface area contributed by atoms with E-state index in [2.05, 4.69) is 0 Å². The molecule has 0 saturated heterocycles. The zero-order valence-corrected chi connectivity index (χ0v) is 11.3. The summed E-state index contributed by atoms with van der Waals surface area (Å²) in [4.78, 5) is 10.4. The molecule has 1 aromatic rings. The molecule has 110 valence electrons. The van der Waals surface area contributed by atoms with E-state index in [1.165, 1.54) is 0 Å². The number of ether oxygens (including phenoxy) is 1. The van der Waals surface area contributed by atoms with E-state index in [9.17, 15) is 13.6 Å². The van der Waals surface area contributed by atoms with Crippen molar-refractivity contribution < 1.29 is 23.4 Å². The van der Waals surface area contributed by atoms with Crippen molar-refractivity contribution in [2.75, 3.05) is 6.61 Å². The molecule has 1 aliphatic carbocycles.